The van der Waals surface area contributed by atoms with Gasteiger partial charge in [-0.2, -0.15) is 4.80 Å². The minimum absolute atomic E-state index is 0.000984. The number of fused-ring (bicyclic) bond motifs is 3. The molecule has 2 atom stereocenters. The first-order valence-corrected chi connectivity index (χ1v) is 12.2. The van der Waals surface area contributed by atoms with Gasteiger partial charge < -0.3 is 9.84 Å². The maximum Gasteiger partial charge on any atom is 0.162 e. The van der Waals surface area contributed by atoms with E-state index in [0.29, 0.717) is 18.2 Å². The van der Waals surface area contributed by atoms with E-state index in [1.165, 1.54) is 37.6 Å². The number of ether oxygens (including phenoxy) is 1. The predicted molar refractivity (Wildman–Crippen MR) is 126 cm³/mol. The van der Waals surface area contributed by atoms with Gasteiger partial charge in [0.25, 0.3) is 0 Å². The lowest BCUT2D eigenvalue weighted by Gasteiger charge is -2.47. The van der Waals surface area contributed by atoms with Gasteiger partial charge in [0.1, 0.15) is 17.1 Å². The van der Waals surface area contributed by atoms with Crippen LogP contribution in [0.25, 0.3) is 0 Å². The molecular weight excluding hydrogens is 400 g/mol. The highest BCUT2D eigenvalue weighted by atomic mass is 16.5. The fourth-order valence-corrected chi connectivity index (χ4v) is 5.57. The number of tetrazole rings is 1. The fraction of sp³-hybridized carbons (Fsp3) is 0.654. The Morgan fingerprint density at radius 3 is 2.75 bits per heavy atom. The summed E-state index contributed by atoms with van der Waals surface area (Å²) < 4.78 is 6.56. The summed E-state index contributed by atoms with van der Waals surface area (Å²) in [7, 11) is 0. The molecule has 4 rings (SSSR count). The normalized spacial score (nSPS) is 22.0. The number of aromatic hydroxyl groups is 1. The van der Waals surface area contributed by atoms with Gasteiger partial charge in [-0.15, -0.1) is 10.2 Å². The van der Waals surface area contributed by atoms with Crippen LogP contribution >= 0.6 is 0 Å². The van der Waals surface area contributed by atoms with Crippen LogP contribution in [0.2, 0.25) is 0 Å². The van der Waals surface area contributed by atoms with Gasteiger partial charge in [-0.3, -0.25) is 0 Å². The van der Waals surface area contributed by atoms with Gasteiger partial charge in [0.2, 0.25) is 0 Å². The Hall–Kier alpha value is -2.37. The lowest BCUT2D eigenvalue weighted by molar-refractivity contribution is 0.00700. The molecule has 0 radical (unpaired) electrons. The van der Waals surface area contributed by atoms with Gasteiger partial charge in [0, 0.05) is 17.4 Å². The van der Waals surface area contributed by atoms with Crippen LogP contribution in [0.4, 0.5) is 0 Å². The van der Waals surface area contributed by atoms with E-state index < -0.39 is 0 Å². The number of rotatable bonds is 8. The van der Waals surface area contributed by atoms with Gasteiger partial charge in [-0.25, -0.2) is 0 Å². The molecule has 6 heteroatoms. The number of allylic oxidation sites excluding steroid dienone is 2. The fourth-order valence-electron chi connectivity index (χ4n) is 5.57. The highest BCUT2D eigenvalue weighted by Crippen LogP contribution is 2.55. The number of benzene rings is 1. The summed E-state index contributed by atoms with van der Waals surface area (Å²) in [6.45, 7) is 11.8. The molecule has 1 N–H and O–H groups in total. The van der Waals surface area contributed by atoms with E-state index in [0.717, 1.165) is 36.1 Å². The quantitative estimate of drug-likeness (QED) is 0.409. The summed E-state index contributed by atoms with van der Waals surface area (Å²) in [5.41, 5.74) is 3.13. The molecule has 1 aromatic heterocycles. The zero-order valence-electron chi connectivity index (χ0n) is 20.3. The van der Waals surface area contributed by atoms with Crippen molar-refractivity contribution in [1.29, 1.82) is 0 Å². The van der Waals surface area contributed by atoms with Crippen LogP contribution in [-0.2, 0) is 12.0 Å². The molecule has 2 heterocycles. The summed E-state index contributed by atoms with van der Waals surface area (Å²) in [6.07, 6.45) is 11.7. The third-order valence-electron chi connectivity index (χ3n) is 7.56. The first kappa shape index (κ1) is 22.8. The van der Waals surface area contributed by atoms with Crippen LogP contribution in [0.3, 0.4) is 0 Å². The van der Waals surface area contributed by atoms with Crippen LogP contribution in [-0.4, -0.2) is 30.9 Å². The molecule has 1 aliphatic heterocycles. The molecule has 1 aromatic carbocycles. The smallest absolute Gasteiger partial charge is 0.162 e. The highest BCUT2D eigenvalue weighted by Gasteiger charge is 2.46. The zero-order chi connectivity index (χ0) is 22.9. The number of phenols is 1. The van der Waals surface area contributed by atoms with Crippen LogP contribution in [0.5, 0.6) is 11.5 Å². The number of nitrogens with zero attached hydrogens (tertiary/aromatic N) is 4. The largest absolute Gasteiger partial charge is 0.508 e. The SMILES string of the molecule is CCCCCCC(C)(C)c1cc(O)c2c(c1)OC(C)(C)[C@H]1CC=C(Cn3ncnn3)C[C@H]21. The molecule has 0 saturated carbocycles. The molecule has 0 spiro atoms. The molecule has 0 fully saturated rings. The van der Waals surface area contributed by atoms with Gasteiger partial charge in [-0.05, 0) is 61.4 Å². The Morgan fingerprint density at radius 1 is 1.22 bits per heavy atom. The van der Waals surface area contributed by atoms with Crippen molar-refractivity contribution >= 4 is 0 Å². The molecule has 0 unspecified atom stereocenters. The van der Waals surface area contributed by atoms with Crippen molar-refractivity contribution in [2.45, 2.75) is 103 Å². The highest BCUT2D eigenvalue weighted by molar-refractivity contribution is 5.54. The monoisotopic (exact) mass is 438 g/mol. The average Bonchev–Trinajstić information content (AvgIpc) is 3.23. The Labute approximate surface area is 192 Å². The second-order valence-corrected chi connectivity index (χ2v) is 10.8. The molecule has 174 valence electrons. The van der Waals surface area contributed by atoms with E-state index >= 15 is 0 Å². The molecule has 0 saturated heterocycles. The van der Waals surface area contributed by atoms with Gasteiger partial charge in [-0.1, -0.05) is 58.1 Å². The van der Waals surface area contributed by atoms with Crippen molar-refractivity contribution in [3.63, 3.8) is 0 Å². The first-order valence-electron chi connectivity index (χ1n) is 12.2. The van der Waals surface area contributed by atoms with Crippen LogP contribution < -0.4 is 4.74 Å². The molecule has 32 heavy (non-hydrogen) atoms. The summed E-state index contributed by atoms with van der Waals surface area (Å²) in [6, 6.07) is 4.19. The van der Waals surface area contributed by atoms with E-state index in [2.05, 4.69) is 62.2 Å². The first-order chi connectivity index (χ1) is 15.2. The van der Waals surface area contributed by atoms with Crippen molar-refractivity contribution in [3.05, 3.63) is 41.2 Å². The lowest BCUT2D eigenvalue weighted by Crippen LogP contribution is -2.45. The standard InChI is InChI=1S/C26H38N4O2/c1-6-7-8-9-12-25(2,3)19-14-22(31)24-20-13-18(16-30-28-17-27-29-30)10-11-21(20)26(4,5)32-23(24)15-19/h10,14-15,17,20-21,31H,6-9,11-13,16H2,1-5H3/t20-,21-/m0/s1. The molecular formula is C26H38N4O2. The summed E-state index contributed by atoms with van der Waals surface area (Å²) in [5.74, 6) is 1.78. The third-order valence-corrected chi connectivity index (χ3v) is 7.56. The Balaban J connectivity index is 1.62. The predicted octanol–water partition coefficient (Wildman–Crippen LogP) is 5.92. The van der Waals surface area contributed by atoms with E-state index in [9.17, 15) is 5.11 Å². The van der Waals surface area contributed by atoms with Crippen molar-refractivity contribution < 1.29 is 9.84 Å². The summed E-state index contributed by atoms with van der Waals surface area (Å²) in [5, 5.41) is 23.2. The summed E-state index contributed by atoms with van der Waals surface area (Å²) in [4.78, 5) is 1.63. The van der Waals surface area contributed by atoms with E-state index in [1.807, 2.05) is 6.07 Å². The minimum Gasteiger partial charge on any atom is -0.508 e. The second-order valence-electron chi connectivity index (χ2n) is 10.8. The number of hydrogen-bond acceptors (Lipinski definition) is 5. The average molecular weight is 439 g/mol. The van der Waals surface area contributed by atoms with Crippen LogP contribution in [0.1, 0.15) is 96.6 Å². The van der Waals surface area contributed by atoms with E-state index in [-0.39, 0.29) is 16.9 Å². The topological polar surface area (TPSA) is 73.1 Å². The maximum absolute atomic E-state index is 11.2. The molecule has 0 bridgehead atoms. The maximum atomic E-state index is 11.2. The van der Waals surface area contributed by atoms with Crippen LogP contribution in [0.15, 0.2) is 30.1 Å². The lowest BCUT2D eigenvalue weighted by atomic mass is 9.66. The number of aromatic nitrogens is 4. The van der Waals surface area contributed by atoms with Crippen molar-refractivity contribution in [3.8, 4) is 11.5 Å². The van der Waals surface area contributed by atoms with Crippen molar-refractivity contribution in [2.75, 3.05) is 0 Å². The third kappa shape index (κ3) is 4.55. The second kappa shape index (κ2) is 8.87. The Bertz CT molecular complexity index is 962. The number of unbranched alkanes of at least 4 members (excludes halogenated alkanes) is 3. The van der Waals surface area contributed by atoms with E-state index in [1.54, 1.807) is 4.80 Å². The number of hydrogen-bond donors (Lipinski definition) is 1. The number of phenolic OH excluding ortho intramolecular Hbond substituents is 1. The van der Waals surface area contributed by atoms with Gasteiger partial charge in [0.15, 0.2) is 6.33 Å². The zero-order valence-corrected chi connectivity index (χ0v) is 20.3. The van der Waals surface area contributed by atoms with Crippen LogP contribution in [0, 0.1) is 5.92 Å². The molecule has 6 nitrogen and oxygen atoms in total. The Kier molecular flexibility index (Phi) is 6.33. The van der Waals surface area contributed by atoms with Gasteiger partial charge in [0.05, 0.1) is 6.54 Å². The molecule has 2 aliphatic rings. The Morgan fingerprint density at radius 2 is 2.03 bits per heavy atom. The minimum atomic E-state index is -0.290. The molecule has 2 aromatic rings. The van der Waals surface area contributed by atoms with Crippen molar-refractivity contribution in [2.24, 2.45) is 5.92 Å². The summed E-state index contributed by atoms with van der Waals surface area (Å²) >= 11 is 0. The van der Waals surface area contributed by atoms with Crippen molar-refractivity contribution in [1.82, 2.24) is 20.2 Å². The van der Waals surface area contributed by atoms with Gasteiger partial charge >= 0.3 is 0 Å². The van der Waals surface area contributed by atoms with E-state index in [4.69, 9.17) is 4.74 Å². The molecule has 1 aliphatic carbocycles. The molecule has 0 amide bonds.